The zero-order chi connectivity index (χ0) is 15.6. The average molecular weight is 289 g/mol. The lowest BCUT2D eigenvalue weighted by atomic mass is 9.85. The van der Waals surface area contributed by atoms with Crippen molar-refractivity contribution >= 4 is 5.97 Å². The fourth-order valence-corrected chi connectivity index (χ4v) is 2.48. The van der Waals surface area contributed by atoms with E-state index < -0.39 is 16.8 Å². The predicted molar refractivity (Wildman–Crippen MR) is 74.5 cm³/mol. The summed E-state index contributed by atoms with van der Waals surface area (Å²) in [5.41, 5.74) is 1.67. The highest BCUT2D eigenvalue weighted by Gasteiger charge is 2.40. The highest BCUT2D eigenvalue weighted by atomic mass is 16.6. The molecule has 0 aliphatic carbocycles. The number of dihydropyridines is 1. The number of pyridine rings is 1. The molecule has 7 nitrogen and oxygen atoms in total. The summed E-state index contributed by atoms with van der Waals surface area (Å²) in [6, 6.07) is 3.38. The number of carbonyl (C=O) groups excluding carboxylic acids is 1. The van der Waals surface area contributed by atoms with Crippen molar-refractivity contribution in [3.05, 3.63) is 62.9 Å². The smallest absolute Gasteiger partial charge is 0.336 e. The lowest BCUT2D eigenvalue weighted by Gasteiger charge is -2.25. The molecule has 0 radical (unpaired) electrons. The fourth-order valence-electron chi connectivity index (χ4n) is 2.48. The van der Waals surface area contributed by atoms with Gasteiger partial charge in [0.25, 0.3) is 5.70 Å². The van der Waals surface area contributed by atoms with Gasteiger partial charge in [-0.2, -0.15) is 0 Å². The Balaban J connectivity index is 2.66. The number of nitrogens with zero attached hydrogens (tertiary/aromatic N) is 2. The summed E-state index contributed by atoms with van der Waals surface area (Å²) in [6.45, 7) is 3.30. The normalized spacial score (nSPS) is 18.3. The van der Waals surface area contributed by atoms with Gasteiger partial charge in [-0.05, 0) is 25.5 Å². The second-order valence-corrected chi connectivity index (χ2v) is 4.64. The van der Waals surface area contributed by atoms with Crippen LogP contribution in [0.15, 0.2) is 47.2 Å². The van der Waals surface area contributed by atoms with Crippen LogP contribution in [0, 0.1) is 10.1 Å². The zero-order valence-corrected chi connectivity index (χ0v) is 11.9. The Hall–Kier alpha value is -2.70. The van der Waals surface area contributed by atoms with Gasteiger partial charge in [0.15, 0.2) is 0 Å². The molecule has 1 N–H and O–H groups in total. The van der Waals surface area contributed by atoms with E-state index in [1.165, 1.54) is 13.3 Å². The summed E-state index contributed by atoms with van der Waals surface area (Å²) in [4.78, 5) is 27.0. The summed E-state index contributed by atoms with van der Waals surface area (Å²) in [6.07, 6.45) is 3.09. The minimum atomic E-state index is -0.803. The van der Waals surface area contributed by atoms with Gasteiger partial charge in [0.05, 0.1) is 23.3 Å². The van der Waals surface area contributed by atoms with Gasteiger partial charge < -0.3 is 10.1 Å². The molecule has 0 fully saturated rings. The zero-order valence-electron chi connectivity index (χ0n) is 11.9. The summed E-state index contributed by atoms with van der Waals surface area (Å²) < 4.78 is 4.77. The highest BCUT2D eigenvalue weighted by molar-refractivity contribution is 5.92. The average Bonchev–Trinajstić information content (AvgIpc) is 2.46. The maximum Gasteiger partial charge on any atom is 0.336 e. The number of esters is 1. The first-order chi connectivity index (χ1) is 9.97. The van der Waals surface area contributed by atoms with E-state index in [0.29, 0.717) is 17.0 Å². The third kappa shape index (κ3) is 2.62. The van der Waals surface area contributed by atoms with E-state index in [1.54, 1.807) is 32.2 Å². The van der Waals surface area contributed by atoms with Crippen molar-refractivity contribution in [2.24, 2.45) is 0 Å². The molecule has 0 saturated carbocycles. The molecule has 7 heteroatoms. The summed E-state index contributed by atoms with van der Waals surface area (Å²) in [5.74, 6) is -1.40. The topological polar surface area (TPSA) is 94.4 Å². The molecule has 0 aromatic carbocycles. The lowest BCUT2D eigenvalue weighted by Crippen LogP contribution is -2.31. The van der Waals surface area contributed by atoms with Crippen molar-refractivity contribution in [1.82, 2.24) is 10.3 Å². The Kier molecular flexibility index (Phi) is 4.02. The quantitative estimate of drug-likeness (QED) is 0.517. The van der Waals surface area contributed by atoms with Crippen molar-refractivity contribution in [2.45, 2.75) is 19.8 Å². The van der Waals surface area contributed by atoms with Crippen molar-refractivity contribution in [3.63, 3.8) is 0 Å². The Morgan fingerprint density at radius 1 is 1.43 bits per heavy atom. The van der Waals surface area contributed by atoms with E-state index >= 15 is 0 Å². The number of nitro groups is 1. The van der Waals surface area contributed by atoms with Crippen LogP contribution in [0.1, 0.15) is 25.3 Å². The monoisotopic (exact) mass is 289 g/mol. The maximum absolute atomic E-state index is 12.1. The number of rotatable bonds is 3. The molecular weight excluding hydrogens is 274 g/mol. The van der Waals surface area contributed by atoms with Gasteiger partial charge in [0.1, 0.15) is 5.92 Å². The van der Waals surface area contributed by atoms with E-state index in [2.05, 4.69) is 10.3 Å². The van der Waals surface area contributed by atoms with Crippen LogP contribution in [-0.2, 0) is 9.53 Å². The lowest BCUT2D eigenvalue weighted by molar-refractivity contribution is -0.431. The van der Waals surface area contributed by atoms with Crippen LogP contribution in [0.25, 0.3) is 0 Å². The second kappa shape index (κ2) is 5.74. The fraction of sp³-hybridized carbons (Fsp3) is 0.286. The Bertz CT molecular complexity index is 649. The van der Waals surface area contributed by atoms with Crippen molar-refractivity contribution in [1.29, 1.82) is 0 Å². The van der Waals surface area contributed by atoms with Crippen molar-refractivity contribution in [2.75, 3.05) is 7.11 Å². The van der Waals surface area contributed by atoms with Crippen molar-refractivity contribution in [3.8, 4) is 0 Å². The molecule has 0 spiro atoms. The third-order valence-electron chi connectivity index (χ3n) is 3.35. The minimum absolute atomic E-state index is 0.0750. The molecule has 0 saturated heterocycles. The summed E-state index contributed by atoms with van der Waals surface area (Å²) in [5, 5.41) is 14.3. The van der Waals surface area contributed by atoms with Crippen LogP contribution in [0.5, 0.6) is 0 Å². The third-order valence-corrected chi connectivity index (χ3v) is 3.35. The van der Waals surface area contributed by atoms with E-state index in [1.807, 2.05) is 0 Å². The van der Waals surface area contributed by atoms with Crippen LogP contribution >= 0.6 is 0 Å². The standard InChI is InChI=1S/C14H15N3O4/c1-8-11(14(18)21-3)12(10-5-4-6-15-7-10)13(17(19)20)9(2)16-8/h4-7,12,16H,1-3H3. The van der Waals surface area contributed by atoms with Gasteiger partial charge in [-0.25, -0.2) is 4.79 Å². The molecule has 2 heterocycles. The Labute approximate surface area is 121 Å². The largest absolute Gasteiger partial charge is 0.466 e. The number of nitrogens with one attached hydrogen (secondary N) is 1. The Morgan fingerprint density at radius 3 is 2.67 bits per heavy atom. The number of hydrogen-bond acceptors (Lipinski definition) is 6. The number of hydrogen-bond donors (Lipinski definition) is 1. The van der Waals surface area contributed by atoms with Crippen LogP contribution in [-0.4, -0.2) is 23.0 Å². The first-order valence-electron chi connectivity index (χ1n) is 6.28. The molecule has 1 aromatic heterocycles. The van der Waals surface area contributed by atoms with Crippen LogP contribution < -0.4 is 5.32 Å². The number of carbonyl (C=O) groups is 1. The van der Waals surface area contributed by atoms with Gasteiger partial charge in [-0.3, -0.25) is 15.1 Å². The van der Waals surface area contributed by atoms with Gasteiger partial charge in [-0.15, -0.1) is 0 Å². The van der Waals surface area contributed by atoms with E-state index in [9.17, 15) is 14.9 Å². The summed E-state index contributed by atoms with van der Waals surface area (Å²) in [7, 11) is 1.25. The molecule has 1 unspecified atom stereocenters. The molecule has 0 bridgehead atoms. The number of allylic oxidation sites excluding steroid dienone is 3. The summed E-state index contributed by atoms with van der Waals surface area (Å²) >= 11 is 0. The van der Waals surface area contributed by atoms with Crippen molar-refractivity contribution < 1.29 is 14.5 Å². The molecule has 0 amide bonds. The number of ether oxygens (including phenoxy) is 1. The molecule has 21 heavy (non-hydrogen) atoms. The first-order valence-corrected chi connectivity index (χ1v) is 6.28. The van der Waals surface area contributed by atoms with Gasteiger partial charge in [-0.1, -0.05) is 6.07 Å². The SMILES string of the molecule is COC(=O)C1=C(C)NC(C)=C([N+](=O)[O-])C1c1cccnc1. The minimum Gasteiger partial charge on any atom is -0.466 e. The molecule has 1 aliphatic heterocycles. The number of methoxy groups -OCH3 is 1. The highest BCUT2D eigenvalue weighted by Crippen LogP contribution is 2.38. The number of aromatic nitrogens is 1. The molecule has 1 aliphatic rings. The van der Waals surface area contributed by atoms with Gasteiger partial charge >= 0.3 is 5.97 Å². The molecular formula is C14H15N3O4. The Morgan fingerprint density at radius 2 is 2.14 bits per heavy atom. The van der Waals surface area contributed by atoms with Gasteiger partial charge in [0.2, 0.25) is 0 Å². The predicted octanol–water partition coefficient (Wildman–Crippen LogP) is 1.72. The second-order valence-electron chi connectivity index (χ2n) is 4.64. The maximum atomic E-state index is 12.1. The molecule has 1 atom stereocenters. The van der Waals surface area contributed by atoms with Crippen LogP contribution in [0.2, 0.25) is 0 Å². The van der Waals surface area contributed by atoms with E-state index in [-0.39, 0.29) is 11.3 Å². The van der Waals surface area contributed by atoms with E-state index in [4.69, 9.17) is 4.74 Å². The molecule has 1 aromatic rings. The van der Waals surface area contributed by atoms with Gasteiger partial charge in [0, 0.05) is 18.1 Å². The van der Waals surface area contributed by atoms with Crippen LogP contribution in [0.3, 0.4) is 0 Å². The van der Waals surface area contributed by atoms with Crippen LogP contribution in [0.4, 0.5) is 0 Å². The molecule has 2 rings (SSSR count). The van der Waals surface area contributed by atoms with E-state index in [0.717, 1.165) is 0 Å². The molecule has 110 valence electrons. The first kappa shape index (κ1) is 14.7.